The van der Waals surface area contributed by atoms with E-state index in [9.17, 15) is 10.5 Å². The van der Waals surface area contributed by atoms with Gasteiger partial charge < -0.3 is 0 Å². The summed E-state index contributed by atoms with van der Waals surface area (Å²) in [5, 5.41) is 19.1. The second-order valence-corrected chi connectivity index (χ2v) is 18.2. The van der Waals surface area contributed by atoms with Gasteiger partial charge in [-0.2, -0.15) is 10.5 Å². The largest absolute Gasteiger partial charge is 0.204 e. The number of hydrogen-bond donors (Lipinski definition) is 0. The fraction of sp³-hybridized carbons (Fsp3) is 0.833. The van der Waals surface area contributed by atoms with E-state index in [0.29, 0.717) is 11.5 Å². The van der Waals surface area contributed by atoms with Gasteiger partial charge >= 0.3 is 0 Å². The molecule has 0 aliphatic carbocycles. The summed E-state index contributed by atoms with van der Waals surface area (Å²) in [5.74, 6) is -0.0524. The average molecular weight is 789 g/mol. The molecule has 0 N–H and O–H groups in total. The lowest BCUT2D eigenvalue weighted by molar-refractivity contribution is 0.526. The van der Waals surface area contributed by atoms with Crippen LogP contribution >= 0.6 is 23.5 Å². The Morgan fingerprint density at radius 1 is 0.333 bits per heavy atom. The highest BCUT2D eigenvalue weighted by molar-refractivity contribution is 8.02. The number of nitriles is 2. The number of nitrogens with zero attached hydrogens (tertiary/aromatic N) is 2. The first-order chi connectivity index (χ1) is 26.6. The standard InChI is InChI=1S/C48H82F2N2S2/c1-3-5-7-9-11-13-15-17-19-21-23-25-27-29-31-33-35-37-39-53-47-45(49)43(41-51)44(42-52)46(50)48(47)54-40-38-36-34-32-30-28-26-24-22-20-18-16-14-12-10-8-6-4-2/h3-40H2,1-2H3. The van der Waals surface area contributed by atoms with Crippen LogP contribution in [0.4, 0.5) is 8.78 Å². The zero-order valence-corrected chi connectivity index (χ0v) is 37.0. The van der Waals surface area contributed by atoms with Crippen molar-refractivity contribution in [2.45, 2.75) is 255 Å². The summed E-state index contributed by atoms with van der Waals surface area (Å²) in [7, 11) is 0. The molecule has 0 saturated carbocycles. The summed E-state index contributed by atoms with van der Waals surface area (Å²) in [6, 6.07) is 3.51. The van der Waals surface area contributed by atoms with Crippen LogP contribution in [-0.4, -0.2) is 11.5 Å². The molecule has 0 unspecified atom stereocenters. The summed E-state index contributed by atoms with van der Waals surface area (Å²) in [6.07, 6.45) is 47.5. The van der Waals surface area contributed by atoms with Gasteiger partial charge in [-0.05, 0) is 24.3 Å². The van der Waals surface area contributed by atoms with Crippen LogP contribution in [0.15, 0.2) is 9.79 Å². The minimum Gasteiger partial charge on any atom is -0.204 e. The predicted molar refractivity (Wildman–Crippen MR) is 235 cm³/mol. The van der Waals surface area contributed by atoms with Crippen molar-refractivity contribution < 1.29 is 8.78 Å². The smallest absolute Gasteiger partial charge is 0.157 e. The van der Waals surface area contributed by atoms with E-state index in [2.05, 4.69) is 13.8 Å². The van der Waals surface area contributed by atoms with Crippen molar-refractivity contribution >= 4 is 23.5 Å². The maximum absolute atomic E-state index is 15.5. The van der Waals surface area contributed by atoms with Gasteiger partial charge in [0.05, 0.1) is 9.79 Å². The maximum atomic E-state index is 15.5. The Morgan fingerprint density at radius 2 is 0.519 bits per heavy atom. The molecule has 54 heavy (non-hydrogen) atoms. The van der Waals surface area contributed by atoms with Gasteiger partial charge in [-0.25, -0.2) is 8.78 Å². The second-order valence-electron chi connectivity index (χ2n) is 16.0. The highest BCUT2D eigenvalue weighted by Crippen LogP contribution is 2.40. The second kappa shape index (κ2) is 38.6. The third kappa shape index (κ3) is 26.6. The van der Waals surface area contributed by atoms with Crippen molar-refractivity contribution in [3.8, 4) is 12.1 Å². The van der Waals surface area contributed by atoms with E-state index in [0.717, 1.165) is 25.7 Å². The van der Waals surface area contributed by atoms with Crippen LogP contribution in [0.3, 0.4) is 0 Å². The Labute approximate surface area is 342 Å². The fourth-order valence-corrected chi connectivity index (χ4v) is 9.83. The molecule has 0 aliphatic heterocycles. The Kier molecular flexibility index (Phi) is 36.3. The highest BCUT2D eigenvalue weighted by Gasteiger charge is 2.25. The van der Waals surface area contributed by atoms with Gasteiger partial charge in [-0.1, -0.05) is 232 Å². The SMILES string of the molecule is CCCCCCCCCCCCCCCCCCCCSc1c(F)c(C#N)c(C#N)c(F)c1SCCCCCCCCCCCCCCCCCCCC. The zero-order valence-electron chi connectivity index (χ0n) is 35.3. The fourth-order valence-electron chi connectivity index (χ4n) is 7.47. The van der Waals surface area contributed by atoms with Crippen LogP contribution in [0.5, 0.6) is 0 Å². The van der Waals surface area contributed by atoms with Gasteiger partial charge in [0, 0.05) is 0 Å². The van der Waals surface area contributed by atoms with Crippen LogP contribution < -0.4 is 0 Å². The van der Waals surface area contributed by atoms with Gasteiger partial charge in [0.25, 0.3) is 0 Å². The first-order valence-electron chi connectivity index (χ1n) is 23.2. The molecular formula is C48H82F2N2S2. The molecule has 6 heteroatoms. The molecular weight excluding hydrogens is 707 g/mol. The molecule has 1 rings (SSSR count). The summed E-state index contributed by atoms with van der Waals surface area (Å²) in [5.41, 5.74) is -0.902. The number of thioether (sulfide) groups is 2. The van der Waals surface area contributed by atoms with Crippen molar-refractivity contribution in [2.24, 2.45) is 0 Å². The summed E-state index contributed by atoms with van der Waals surface area (Å²) < 4.78 is 30.9. The Bertz CT molecular complexity index is 1010. The van der Waals surface area contributed by atoms with Crippen molar-refractivity contribution in [2.75, 3.05) is 11.5 Å². The molecule has 1 aromatic carbocycles. The normalized spacial score (nSPS) is 11.3. The van der Waals surface area contributed by atoms with Crippen LogP contribution in [0.1, 0.15) is 256 Å². The minimum absolute atomic E-state index is 0.224. The molecule has 0 aromatic heterocycles. The van der Waals surface area contributed by atoms with E-state index < -0.39 is 22.8 Å². The number of hydrogen-bond acceptors (Lipinski definition) is 4. The van der Waals surface area contributed by atoms with Crippen molar-refractivity contribution in [3.63, 3.8) is 0 Å². The van der Waals surface area contributed by atoms with E-state index >= 15 is 8.78 Å². The lowest BCUT2D eigenvalue weighted by atomic mass is 10.0. The van der Waals surface area contributed by atoms with Gasteiger partial charge in [0.15, 0.2) is 11.6 Å². The minimum atomic E-state index is -0.719. The number of halogens is 2. The predicted octanol–water partition coefficient (Wildman–Crippen LogP) is 18.0. The molecule has 0 aliphatic rings. The number of rotatable bonds is 40. The lowest BCUT2D eigenvalue weighted by Gasteiger charge is -2.14. The maximum Gasteiger partial charge on any atom is 0.157 e. The molecule has 0 bridgehead atoms. The summed E-state index contributed by atoms with van der Waals surface area (Å²) in [4.78, 5) is 0.449. The molecule has 1 aromatic rings. The van der Waals surface area contributed by atoms with Gasteiger partial charge in [-0.3, -0.25) is 0 Å². The molecule has 0 atom stereocenters. The quantitative estimate of drug-likeness (QED) is 0.0491. The number of benzene rings is 1. The molecule has 0 amide bonds. The van der Waals surface area contributed by atoms with E-state index in [1.807, 2.05) is 0 Å². The molecule has 310 valence electrons. The van der Waals surface area contributed by atoms with Crippen LogP contribution in [0.2, 0.25) is 0 Å². The first kappa shape index (κ1) is 50.8. The van der Waals surface area contributed by atoms with Crippen LogP contribution in [-0.2, 0) is 0 Å². The van der Waals surface area contributed by atoms with Gasteiger partial charge in [-0.15, -0.1) is 23.5 Å². The molecule has 0 heterocycles. The summed E-state index contributed by atoms with van der Waals surface area (Å²) >= 11 is 2.64. The van der Waals surface area contributed by atoms with E-state index in [4.69, 9.17) is 0 Å². The molecule has 0 fully saturated rings. The van der Waals surface area contributed by atoms with Crippen molar-refractivity contribution in [3.05, 3.63) is 22.8 Å². The lowest BCUT2D eigenvalue weighted by Crippen LogP contribution is -2.02. The summed E-state index contributed by atoms with van der Waals surface area (Å²) in [6.45, 7) is 4.56. The van der Waals surface area contributed by atoms with Crippen LogP contribution in [0.25, 0.3) is 0 Å². The van der Waals surface area contributed by atoms with Gasteiger partial charge in [0.1, 0.15) is 23.3 Å². The first-order valence-corrected chi connectivity index (χ1v) is 25.2. The van der Waals surface area contributed by atoms with E-state index in [1.165, 1.54) is 229 Å². The molecule has 0 radical (unpaired) electrons. The number of unbranched alkanes of at least 4 members (excludes halogenated alkanes) is 34. The molecule has 0 saturated heterocycles. The van der Waals surface area contributed by atoms with Gasteiger partial charge in [0.2, 0.25) is 0 Å². The third-order valence-electron chi connectivity index (χ3n) is 11.0. The van der Waals surface area contributed by atoms with Crippen molar-refractivity contribution in [1.29, 1.82) is 10.5 Å². The Morgan fingerprint density at radius 3 is 0.704 bits per heavy atom. The molecule has 0 spiro atoms. The molecule has 2 nitrogen and oxygen atoms in total. The monoisotopic (exact) mass is 789 g/mol. The highest BCUT2D eigenvalue weighted by atomic mass is 32.2. The van der Waals surface area contributed by atoms with E-state index in [-0.39, 0.29) is 9.79 Å². The van der Waals surface area contributed by atoms with Crippen molar-refractivity contribution in [1.82, 2.24) is 0 Å². The average Bonchev–Trinajstić information content (AvgIpc) is 3.18. The third-order valence-corrected chi connectivity index (χ3v) is 13.5. The van der Waals surface area contributed by atoms with Crippen LogP contribution in [0, 0.1) is 34.3 Å². The topological polar surface area (TPSA) is 47.6 Å². The van der Waals surface area contributed by atoms with E-state index in [1.54, 1.807) is 12.1 Å². The Balaban J connectivity index is 2.18. The zero-order chi connectivity index (χ0) is 39.2. The Hall–Kier alpha value is -1.24.